The van der Waals surface area contributed by atoms with Crippen LogP contribution in [0.4, 0.5) is 0 Å². The van der Waals surface area contributed by atoms with Crippen molar-refractivity contribution in [3.05, 3.63) is 80.4 Å². The van der Waals surface area contributed by atoms with Gasteiger partial charge in [-0.2, -0.15) is 0 Å². The minimum atomic E-state index is -2.08. The third-order valence-electron chi connectivity index (χ3n) is 9.12. The normalized spacial score (nSPS) is 11.9. The van der Waals surface area contributed by atoms with Crippen LogP contribution in [0.3, 0.4) is 0 Å². The molecule has 2 aromatic carbocycles. The van der Waals surface area contributed by atoms with E-state index in [0.717, 1.165) is 54.2 Å². The molecule has 6 nitrogen and oxygen atoms in total. The number of aryl methyl sites for hydroxylation is 2. The van der Waals surface area contributed by atoms with Gasteiger partial charge in [0.25, 0.3) is 8.32 Å². The van der Waals surface area contributed by atoms with Gasteiger partial charge in [-0.1, -0.05) is 110 Å². The summed E-state index contributed by atoms with van der Waals surface area (Å²) in [5.74, 6) is 0.444. The van der Waals surface area contributed by atoms with Crippen molar-refractivity contribution < 1.29 is 9.53 Å². The summed E-state index contributed by atoms with van der Waals surface area (Å²) >= 11 is 0. The smallest absolute Gasteiger partial charge is 0.250 e. The fourth-order valence-electron chi connectivity index (χ4n) is 5.23. The second-order valence-electron chi connectivity index (χ2n) is 13.8. The molecule has 0 saturated heterocycles. The molecular formula is C38H56N2O4Si. The van der Waals surface area contributed by atoms with Crippen LogP contribution in [-0.4, -0.2) is 23.4 Å². The molecular weight excluding hydrogens is 577 g/mol. The van der Waals surface area contributed by atoms with Crippen LogP contribution in [0.25, 0.3) is 21.8 Å². The Morgan fingerprint density at radius 1 is 0.667 bits per heavy atom. The molecule has 0 aliphatic carbocycles. The van der Waals surface area contributed by atoms with E-state index in [1.54, 1.807) is 12.1 Å². The van der Waals surface area contributed by atoms with Crippen molar-refractivity contribution in [1.29, 1.82) is 0 Å². The minimum absolute atomic E-state index is 0.0349. The van der Waals surface area contributed by atoms with E-state index < -0.39 is 8.32 Å². The number of aromatic hydroxyl groups is 1. The van der Waals surface area contributed by atoms with Gasteiger partial charge in [0.05, 0.1) is 11.4 Å². The van der Waals surface area contributed by atoms with Crippen LogP contribution in [0, 0.1) is 0 Å². The van der Waals surface area contributed by atoms with Crippen LogP contribution in [-0.2, 0) is 12.8 Å². The van der Waals surface area contributed by atoms with Gasteiger partial charge >= 0.3 is 0 Å². The van der Waals surface area contributed by atoms with Crippen LogP contribution < -0.4 is 15.3 Å². The second-order valence-corrected chi connectivity index (χ2v) is 18.5. The van der Waals surface area contributed by atoms with Gasteiger partial charge in [-0.25, -0.2) is 0 Å². The molecule has 0 amide bonds. The third-order valence-corrected chi connectivity index (χ3v) is 13.4. The Kier molecular flexibility index (Phi) is 13.5. The average molecular weight is 633 g/mol. The first-order chi connectivity index (χ1) is 21.4. The lowest BCUT2D eigenvalue weighted by Gasteiger charge is -2.36. The first-order valence-electron chi connectivity index (χ1n) is 17.1. The predicted octanol–water partition coefficient (Wildman–Crippen LogP) is 10.2. The van der Waals surface area contributed by atoms with Gasteiger partial charge in [0.1, 0.15) is 0 Å². The van der Waals surface area contributed by atoms with E-state index in [1.165, 1.54) is 44.9 Å². The summed E-state index contributed by atoms with van der Waals surface area (Å²) in [6.07, 6.45) is 13.5. The molecule has 0 fully saturated rings. The van der Waals surface area contributed by atoms with E-state index in [2.05, 4.69) is 57.7 Å². The Hall–Kier alpha value is -3.32. The van der Waals surface area contributed by atoms with Gasteiger partial charge in [0.15, 0.2) is 11.5 Å². The van der Waals surface area contributed by atoms with Crippen molar-refractivity contribution in [1.82, 2.24) is 9.97 Å². The summed E-state index contributed by atoms with van der Waals surface area (Å²) in [7, 11) is -2.08. The van der Waals surface area contributed by atoms with Crippen molar-refractivity contribution in [3.8, 4) is 11.5 Å². The highest BCUT2D eigenvalue weighted by atomic mass is 28.4. The van der Waals surface area contributed by atoms with Gasteiger partial charge in [-0.05, 0) is 68.1 Å². The molecule has 4 aromatic rings. The number of pyridine rings is 2. The Morgan fingerprint density at radius 3 is 1.62 bits per heavy atom. The molecule has 0 unspecified atom stereocenters. The number of unbranched alkanes of at least 4 members (excludes halogenated alkanes) is 8. The fraction of sp³-hybridized carbons (Fsp3) is 0.526. The van der Waals surface area contributed by atoms with Gasteiger partial charge < -0.3 is 19.5 Å². The maximum Gasteiger partial charge on any atom is 0.250 e. The fourth-order valence-corrected chi connectivity index (χ4v) is 6.26. The van der Waals surface area contributed by atoms with E-state index in [4.69, 9.17) is 4.43 Å². The summed E-state index contributed by atoms with van der Waals surface area (Å²) < 4.78 is 6.51. The first-order valence-corrected chi connectivity index (χ1v) is 20.0. The van der Waals surface area contributed by atoms with Gasteiger partial charge in [0, 0.05) is 21.8 Å². The number of aromatic nitrogens is 2. The Bertz CT molecular complexity index is 1630. The van der Waals surface area contributed by atoms with E-state index in [-0.39, 0.29) is 21.6 Å². The van der Waals surface area contributed by atoms with Gasteiger partial charge in [0.2, 0.25) is 10.9 Å². The van der Waals surface area contributed by atoms with Crippen LogP contribution in [0.1, 0.15) is 110 Å². The zero-order chi connectivity index (χ0) is 33.0. The van der Waals surface area contributed by atoms with E-state index in [1.807, 2.05) is 36.4 Å². The molecule has 246 valence electrons. The SMILES string of the molecule is CCCCCCCc1[nH]c2ccccc2c(=O)c1O.CCCCCCCc1[nH]c2ccccc2c(=O)c1O[Si](C)(C)C(C)(C)C. The lowest BCUT2D eigenvalue weighted by atomic mass is 10.1. The van der Waals surface area contributed by atoms with Crippen LogP contribution in [0.15, 0.2) is 58.1 Å². The highest BCUT2D eigenvalue weighted by molar-refractivity contribution is 6.74. The number of fused-ring (bicyclic) bond motifs is 2. The Morgan fingerprint density at radius 2 is 1.11 bits per heavy atom. The third kappa shape index (κ3) is 9.83. The average Bonchev–Trinajstić information content (AvgIpc) is 3.01. The second kappa shape index (κ2) is 16.8. The summed E-state index contributed by atoms with van der Waals surface area (Å²) in [5.41, 5.74) is 3.11. The molecule has 4 rings (SSSR count). The quantitative estimate of drug-likeness (QED) is 0.0952. The van der Waals surface area contributed by atoms with Gasteiger partial charge in [-0.15, -0.1) is 0 Å². The highest BCUT2D eigenvalue weighted by Gasteiger charge is 2.40. The maximum atomic E-state index is 13.2. The van der Waals surface area contributed by atoms with E-state index >= 15 is 0 Å². The number of benzene rings is 2. The number of hydrogen-bond donors (Lipinski definition) is 3. The molecule has 0 radical (unpaired) electrons. The highest BCUT2D eigenvalue weighted by Crippen LogP contribution is 2.37. The minimum Gasteiger partial charge on any atom is -0.540 e. The van der Waals surface area contributed by atoms with Crippen molar-refractivity contribution in [2.24, 2.45) is 0 Å². The van der Waals surface area contributed by atoms with Crippen molar-refractivity contribution in [2.75, 3.05) is 0 Å². The van der Waals surface area contributed by atoms with Crippen molar-refractivity contribution in [2.45, 2.75) is 130 Å². The van der Waals surface area contributed by atoms with Gasteiger partial charge in [-0.3, -0.25) is 9.59 Å². The molecule has 2 heterocycles. The summed E-state index contributed by atoms with van der Waals surface area (Å²) in [6, 6.07) is 15.1. The molecule has 0 aliphatic rings. The molecule has 0 bridgehead atoms. The molecule has 0 aliphatic heterocycles. The number of rotatable bonds is 14. The number of aromatic amines is 2. The standard InChI is InChI=1S/C22H35NO2Si.C16H21NO2/c1-7-8-9-10-11-16-19-21(25-26(5,6)22(2,3)4)20(24)17-14-12-13-15-18(17)23-19;1-2-3-4-5-6-11-14-16(19)15(18)12-9-7-8-10-13(12)17-14/h12-15H,7-11,16H2,1-6H3,(H,23,24);7-10,19H,2-6,11H2,1H3,(H,17,18). The molecule has 3 N–H and O–H groups in total. The summed E-state index contributed by atoms with van der Waals surface area (Å²) in [6.45, 7) is 15.4. The number of hydrogen-bond acceptors (Lipinski definition) is 4. The van der Waals surface area contributed by atoms with Crippen LogP contribution >= 0.6 is 0 Å². The molecule has 7 heteroatoms. The van der Waals surface area contributed by atoms with Crippen LogP contribution in [0.2, 0.25) is 18.1 Å². The summed E-state index contributed by atoms with van der Waals surface area (Å²) in [5, 5.41) is 11.3. The predicted molar refractivity (Wildman–Crippen MR) is 194 cm³/mol. The zero-order valence-electron chi connectivity index (χ0n) is 28.8. The topological polar surface area (TPSA) is 95.2 Å². The number of H-pyrrole nitrogens is 2. The maximum absolute atomic E-state index is 13.2. The largest absolute Gasteiger partial charge is 0.540 e. The van der Waals surface area contributed by atoms with E-state index in [0.29, 0.717) is 16.8 Å². The van der Waals surface area contributed by atoms with Crippen molar-refractivity contribution >= 4 is 30.1 Å². The molecule has 0 atom stereocenters. The summed E-state index contributed by atoms with van der Waals surface area (Å²) in [4.78, 5) is 31.9. The van der Waals surface area contributed by atoms with Crippen molar-refractivity contribution in [3.63, 3.8) is 0 Å². The Balaban J connectivity index is 0.000000257. The number of para-hydroxylation sites is 2. The van der Waals surface area contributed by atoms with Crippen LogP contribution in [0.5, 0.6) is 11.5 Å². The Labute approximate surface area is 270 Å². The molecule has 2 aromatic heterocycles. The van der Waals surface area contributed by atoms with E-state index in [9.17, 15) is 14.7 Å². The monoisotopic (exact) mass is 632 g/mol. The lowest BCUT2D eigenvalue weighted by Crippen LogP contribution is -2.45. The number of nitrogens with one attached hydrogen (secondary N) is 2. The molecule has 45 heavy (non-hydrogen) atoms. The first kappa shape index (κ1) is 36.1. The lowest BCUT2D eigenvalue weighted by molar-refractivity contribution is 0.458. The molecule has 0 saturated carbocycles. The molecule has 0 spiro atoms. The zero-order valence-corrected chi connectivity index (χ0v) is 29.8.